The monoisotopic (exact) mass is 198 g/mol. The number of rotatable bonds is 3. The molecule has 3 N–H and O–H groups in total. The van der Waals surface area contributed by atoms with Crippen LogP contribution in [0.5, 0.6) is 0 Å². The van der Waals surface area contributed by atoms with Crippen molar-refractivity contribution in [1.29, 1.82) is 0 Å². The predicted molar refractivity (Wildman–Crippen MR) is 53.8 cm³/mol. The molecule has 72 valence electrons. The fraction of sp³-hybridized carbons (Fsp3) is 0.750. The minimum absolute atomic E-state index is 0.433. The summed E-state index contributed by atoms with van der Waals surface area (Å²) >= 11 is 1.42. The van der Waals surface area contributed by atoms with Crippen molar-refractivity contribution in [3.63, 3.8) is 0 Å². The van der Waals surface area contributed by atoms with Crippen molar-refractivity contribution in [2.75, 3.05) is 11.9 Å². The van der Waals surface area contributed by atoms with E-state index in [0.717, 1.165) is 36.3 Å². The summed E-state index contributed by atoms with van der Waals surface area (Å²) in [5.41, 5.74) is 5.69. The zero-order chi connectivity index (χ0) is 9.26. The van der Waals surface area contributed by atoms with Gasteiger partial charge in [0.25, 0.3) is 0 Å². The molecule has 1 aromatic rings. The Kier molecular flexibility index (Phi) is 2.46. The lowest BCUT2D eigenvalue weighted by molar-refractivity contribution is 0.280. The summed E-state index contributed by atoms with van der Waals surface area (Å²) in [6.45, 7) is 2.89. The maximum absolute atomic E-state index is 5.69. The summed E-state index contributed by atoms with van der Waals surface area (Å²) in [5, 5.41) is 4.21. The Balaban J connectivity index is 1.74. The van der Waals surface area contributed by atoms with Crippen molar-refractivity contribution in [2.45, 2.75) is 25.8 Å². The highest BCUT2D eigenvalue weighted by Gasteiger charge is 2.25. The van der Waals surface area contributed by atoms with Crippen molar-refractivity contribution in [1.82, 2.24) is 9.36 Å². The topological polar surface area (TPSA) is 63.8 Å². The van der Waals surface area contributed by atoms with Gasteiger partial charge in [-0.1, -0.05) is 0 Å². The summed E-state index contributed by atoms with van der Waals surface area (Å²) in [5.74, 6) is 1.58. The minimum atomic E-state index is 0.433. The molecule has 0 bridgehead atoms. The predicted octanol–water partition coefficient (Wildman–Crippen LogP) is 0.996. The molecule has 1 saturated carbocycles. The molecule has 13 heavy (non-hydrogen) atoms. The van der Waals surface area contributed by atoms with Gasteiger partial charge < -0.3 is 11.1 Å². The molecule has 0 atom stereocenters. The molecule has 4 nitrogen and oxygen atoms in total. The smallest absolute Gasteiger partial charge is 0.202 e. The molecule has 1 fully saturated rings. The van der Waals surface area contributed by atoms with Crippen LogP contribution in [0.15, 0.2) is 0 Å². The molecule has 0 aromatic carbocycles. The van der Waals surface area contributed by atoms with E-state index in [4.69, 9.17) is 5.73 Å². The summed E-state index contributed by atoms with van der Waals surface area (Å²) in [4.78, 5) is 4.23. The maximum Gasteiger partial charge on any atom is 0.202 e. The maximum atomic E-state index is 5.69. The summed E-state index contributed by atoms with van der Waals surface area (Å²) < 4.78 is 4.10. The van der Waals surface area contributed by atoms with Crippen molar-refractivity contribution < 1.29 is 0 Å². The Morgan fingerprint density at radius 3 is 2.92 bits per heavy atom. The Morgan fingerprint density at radius 1 is 1.62 bits per heavy atom. The molecule has 0 radical (unpaired) electrons. The van der Waals surface area contributed by atoms with Gasteiger partial charge in [-0.25, -0.2) is 4.98 Å². The Bertz CT molecular complexity index is 279. The van der Waals surface area contributed by atoms with Crippen molar-refractivity contribution in [3.05, 3.63) is 5.82 Å². The quantitative estimate of drug-likeness (QED) is 0.760. The lowest BCUT2D eigenvalue weighted by Gasteiger charge is -2.32. The van der Waals surface area contributed by atoms with E-state index in [2.05, 4.69) is 14.7 Å². The van der Waals surface area contributed by atoms with Gasteiger partial charge in [-0.15, -0.1) is 0 Å². The third kappa shape index (κ3) is 2.16. The highest BCUT2D eigenvalue weighted by Crippen LogP contribution is 2.25. The fourth-order valence-electron chi connectivity index (χ4n) is 1.55. The van der Waals surface area contributed by atoms with Gasteiger partial charge in [-0.3, -0.25) is 0 Å². The summed E-state index contributed by atoms with van der Waals surface area (Å²) in [6.07, 6.45) is 2.29. The molecule has 0 unspecified atom stereocenters. The first-order chi connectivity index (χ1) is 6.24. The van der Waals surface area contributed by atoms with Crippen LogP contribution in [0.2, 0.25) is 0 Å². The van der Waals surface area contributed by atoms with E-state index in [9.17, 15) is 0 Å². The van der Waals surface area contributed by atoms with E-state index in [1.54, 1.807) is 0 Å². The van der Waals surface area contributed by atoms with Crippen molar-refractivity contribution in [2.24, 2.45) is 11.7 Å². The van der Waals surface area contributed by atoms with E-state index >= 15 is 0 Å². The number of aromatic nitrogens is 2. The number of hydrogen-bond donors (Lipinski definition) is 2. The number of anilines is 1. The van der Waals surface area contributed by atoms with Crippen molar-refractivity contribution in [3.8, 4) is 0 Å². The molecule has 1 aliphatic rings. The second-order valence-corrected chi connectivity index (χ2v) is 4.38. The minimum Gasteiger partial charge on any atom is -0.360 e. The van der Waals surface area contributed by atoms with Gasteiger partial charge in [0.2, 0.25) is 5.13 Å². The number of aryl methyl sites for hydroxylation is 1. The van der Waals surface area contributed by atoms with E-state index < -0.39 is 0 Å². The van der Waals surface area contributed by atoms with Gasteiger partial charge >= 0.3 is 0 Å². The average Bonchev–Trinajstić information content (AvgIpc) is 2.43. The van der Waals surface area contributed by atoms with Gasteiger partial charge in [-0.05, 0) is 25.7 Å². The molecule has 1 aromatic heterocycles. The number of nitrogens with one attached hydrogen (secondary N) is 1. The fourth-order valence-corrected chi connectivity index (χ4v) is 2.13. The van der Waals surface area contributed by atoms with Gasteiger partial charge in [0.15, 0.2) is 0 Å². The molecule has 1 aliphatic carbocycles. The third-order valence-corrected chi connectivity index (χ3v) is 3.11. The normalized spacial score (nSPS) is 26.9. The van der Waals surface area contributed by atoms with Crippen LogP contribution in [0.4, 0.5) is 5.13 Å². The Hall–Kier alpha value is -0.680. The zero-order valence-electron chi connectivity index (χ0n) is 7.66. The van der Waals surface area contributed by atoms with Gasteiger partial charge in [-0.2, -0.15) is 4.37 Å². The molecule has 5 heteroatoms. The number of nitrogens with two attached hydrogens (primary N) is 1. The second kappa shape index (κ2) is 3.59. The van der Waals surface area contributed by atoms with Gasteiger partial charge in [0.05, 0.1) is 0 Å². The van der Waals surface area contributed by atoms with Crippen LogP contribution in [0.3, 0.4) is 0 Å². The zero-order valence-corrected chi connectivity index (χ0v) is 8.47. The molecule has 1 heterocycles. The average molecular weight is 198 g/mol. The first-order valence-corrected chi connectivity index (χ1v) is 5.31. The standard InChI is InChI=1S/C8H14N4S/c1-5-11-8(13-12-5)10-4-6-2-7(9)3-6/h6-7H,2-4,9H2,1H3,(H,10,11,12). The largest absolute Gasteiger partial charge is 0.360 e. The molecular formula is C8H14N4S. The molecular weight excluding hydrogens is 184 g/mol. The van der Waals surface area contributed by atoms with Crippen LogP contribution in [-0.2, 0) is 0 Å². The first-order valence-electron chi connectivity index (χ1n) is 4.54. The van der Waals surface area contributed by atoms with Crippen LogP contribution in [0.25, 0.3) is 0 Å². The van der Waals surface area contributed by atoms with Crippen LogP contribution in [0.1, 0.15) is 18.7 Å². The van der Waals surface area contributed by atoms with Crippen LogP contribution in [0, 0.1) is 12.8 Å². The van der Waals surface area contributed by atoms with Crippen LogP contribution in [-0.4, -0.2) is 21.9 Å². The highest BCUT2D eigenvalue weighted by molar-refractivity contribution is 7.09. The summed E-state index contributed by atoms with van der Waals surface area (Å²) in [7, 11) is 0. The molecule has 0 aliphatic heterocycles. The third-order valence-electron chi connectivity index (χ3n) is 2.34. The lowest BCUT2D eigenvalue weighted by Crippen LogP contribution is -2.39. The molecule has 0 amide bonds. The Labute approximate surface area is 81.7 Å². The molecule has 0 spiro atoms. The summed E-state index contributed by atoms with van der Waals surface area (Å²) in [6, 6.07) is 0.433. The SMILES string of the molecule is Cc1nsc(NCC2CC(N)C2)n1. The van der Waals surface area contributed by atoms with E-state index in [-0.39, 0.29) is 0 Å². The highest BCUT2D eigenvalue weighted by atomic mass is 32.1. The van der Waals surface area contributed by atoms with Gasteiger partial charge in [0, 0.05) is 24.1 Å². The Morgan fingerprint density at radius 2 is 2.38 bits per heavy atom. The van der Waals surface area contributed by atoms with Gasteiger partial charge in [0.1, 0.15) is 5.82 Å². The molecule has 0 saturated heterocycles. The lowest BCUT2D eigenvalue weighted by atomic mass is 9.81. The van der Waals surface area contributed by atoms with Crippen molar-refractivity contribution >= 4 is 16.7 Å². The first kappa shape index (κ1) is 8.90. The number of nitrogens with zero attached hydrogens (tertiary/aromatic N) is 2. The van der Waals surface area contributed by atoms with E-state index in [1.807, 2.05) is 6.92 Å². The van der Waals surface area contributed by atoms with E-state index in [1.165, 1.54) is 11.5 Å². The molecule has 2 rings (SSSR count). The number of hydrogen-bond acceptors (Lipinski definition) is 5. The second-order valence-electron chi connectivity index (χ2n) is 3.63. The van der Waals surface area contributed by atoms with Crippen LogP contribution >= 0.6 is 11.5 Å². The van der Waals surface area contributed by atoms with Crippen LogP contribution < -0.4 is 11.1 Å². The van der Waals surface area contributed by atoms with E-state index in [0.29, 0.717) is 6.04 Å².